The summed E-state index contributed by atoms with van der Waals surface area (Å²) in [6.45, 7) is 5.74. The van der Waals surface area contributed by atoms with E-state index in [1.54, 1.807) is 18.6 Å². The first-order valence-electron chi connectivity index (χ1n) is 11.1. The standard InChI is InChI=1S/C22H24F3N7O/c1-13-16(22(23,24)25)18(33)29-15-6-14(7-26-17(13)15)8-31-2-4-32(5-3-31)21-9-20(10-21,11-21)19-27-12-28-30-19/h6-7,12H,2-5,8-11H2,1H3,(H,29,33)(H,27,28,30). The van der Waals surface area contributed by atoms with Crippen molar-refractivity contribution in [3.8, 4) is 0 Å². The second-order valence-corrected chi connectivity index (χ2v) is 9.83. The van der Waals surface area contributed by atoms with Gasteiger partial charge >= 0.3 is 6.18 Å². The number of aryl methyl sites for hydroxylation is 1. The summed E-state index contributed by atoms with van der Waals surface area (Å²) in [5, 5.41) is 8.14. The quantitative estimate of drug-likeness (QED) is 0.622. The van der Waals surface area contributed by atoms with E-state index in [0.717, 1.165) is 56.8 Å². The summed E-state index contributed by atoms with van der Waals surface area (Å²) >= 11 is 0. The van der Waals surface area contributed by atoms with Crippen molar-refractivity contribution < 1.29 is 13.2 Å². The van der Waals surface area contributed by atoms with E-state index >= 15 is 0 Å². The average Bonchev–Trinajstić information content (AvgIpc) is 3.20. The van der Waals surface area contributed by atoms with Crippen LogP contribution in [-0.2, 0) is 18.1 Å². The fraction of sp³-hybridized carbons (Fsp3) is 0.545. The molecule has 4 heterocycles. The fourth-order valence-corrected chi connectivity index (χ4v) is 6.23. The molecule has 4 aliphatic rings. The number of nitrogens with zero attached hydrogens (tertiary/aromatic N) is 5. The van der Waals surface area contributed by atoms with Crippen LogP contribution in [0.4, 0.5) is 13.2 Å². The Morgan fingerprint density at radius 1 is 1.15 bits per heavy atom. The zero-order chi connectivity index (χ0) is 23.0. The van der Waals surface area contributed by atoms with Crippen LogP contribution in [0.15, 0.2) is 23.4 Å². The summed E-state index contributed by atoms with van der Waals surface area (Å²) in [4.78, 5) is 26.8. The number of nitrogens with one attached hydrogen (secondary N) is 2. The molecule has 2 N–H and O–H groups in total. The van der Waals surface area contributed by atoms with Gasteiger partial charge in [-0.2, -0.15) is 13.2 Å². The van der Waals surface area contributed by atoms with Crippen molar-refractivity contribution in [3.63, 3.8) is 0 Å². The Kier molecular flexibility index (Phi) is 4.32. The summed E-state index contributed by atoms with van der Waals surface area (Å²) in [5.74, 6) is 1.02. The minimum absolute atomic E-state index is 0.136. The molecule has 4 fully saturated rings. The van der Waals surface area contributed by atoms with Gasteiger partial charge in [0.15, 0.2) is 0 Å². The molecule has 174 valence electrons. The first kappa shape index (κ1) is 20.8. The van der Waals surface area contributed by atoms with E-state index in [2.05, 4.69) is 34.9 Å². The number of halogens is 3. The van der Waals surface area contributed by atoms with Crippen LogP contribution in [-0.4, -0.2) is 66.7 Å². The molecule has 0 atom stereocenters. The smallest absolute Gasteiger partial charge is 0.331 e. The lowest BCUT2D eigenvalue weighted by Crippen LogP contribution is -2.78. The second kappa shape index (κ2) is 6.86. The monoisotopic (exact) mass is 459 g/mol. The molecular formula is C22H24F3N7O. The third-order valence-corrected chi connectivity index (χ3v) is 7.80. The van der Waals surface area contributed by atoms with Gasteiger partial charge in [-0.05, 0) is 43.4 Å². The number of aromatic nitrogens is 5. The van der Waals surface area contributed by atoms with E-state index in [1.807, 2.05) is 0 Å². The molecule has 1 aliphatic heterocycles. The van der Waals surface area contributed by atoms with Crippen LogP contribution >= 0.6 is 0 Å². The van der Waals surface area contributed by atoms with E-state index in [4.69, 9.17) is 0 Å². The summed E-state index contributed by atoms with van der Waals surface area (Å²) in [6.07, 6.45) is 1.96. The lowest BCUT2D eigenvalue weighted by atomic mass is 9.38. The first-order valence-corrected chi connectivity index (χ1v) is 11.1. The predicted octanol–water partition coefficient (Wildman–Crippen LogP) is 2.36. The number of H-pyrrole nitrogens is 2. The molecule has 0 unspecified atom stereocenters. The second-order valence-electron chi connectivity index (χ2n) is 9.83. The summed E-state index contributed by atoms with van der Waals surface area (Å²) in [6, 6.07) is 1.74. The first-order chi connectivity index (χ1) is 15.7. The maximum atomic E-state index is 13.2. The average molecular weight is 459 g/mol. The number of hydrogen-bond acceptors (Lipinski definition) is 6. The molecule has 0 aromatic carbocycles. The highest BCUT2D eigenvalue weighted by Crippen LogP contribution is 2.69. The summed E-state index contributed by atoms with van der Waals surface area (Å²) in [5.41, 5.74) is -0.536. The normalized spacial score (nSPS) is 28.0. The maximum absolute atomic E-state index is 13.2. The van der Waals surface area contributed by atoms with Crippen molar-refractivity contribution in [1.82, 2.24) is 34.9 Å². The van der Waals surface area contributed by atoms with Crippen LogP contribution < -0.4 is 5.56 Å². The lowest BCUT2D eigenvalue weighted by Gasteiger charge is -2.73. The molecule has 11 heteroatoms. The van der Waals surface area contributed by atoms with Crippen molar-refractivity contribution in [2.45, 2.75) is 49.9 Å². The van der Waals surface area contributed by atoms with Gasteiger partial charge in [0.1, 0.15) is 17.7 Å². The Morgan fingerprint density at radius 3 is 2.52 bits per heavy atom. The molecule has 2 bridgehead atoms. The number of aromatic amines is 2. The molecule has 3 saturated carbocycles. The van der Waals surface area contributed by atoms with Crippen LogP contribution in [0.2, 0.25) is 0 Å². The van der Waals surface area contributed by atoms with Crippen LogP contribution in [0.5, 0.6) is 0 Å². The molecule has 0 amide bonds. The number of pyridine rings is 2. The SMILES string of the molecule is Cc1c(C(F)(F)F)c(=O)[nH]c2cc(CN3CCN(C45CC(c6nnc[nH]6)(C4)C5)CC3)cnc12. The molecule has 33 heavy (non-hydrogen) atoms. The number of rotatable bonds is 4. The number of hydrogen-bond donors (Lipinski definition) is 2. The third kappa shape index (κ3) is 3.12. The predicted molar refractivity (Wildman–Crippen MR) is 114 cm³/mol. The van der Waals surface area contributed by atoms with Crippen molar-refractivity contribution in [2.75, 3.05) is 26.2 Å². The highest BCUT2D eigenvalue weighted by atomic mass is 19.4. The Hall–Kier alpha value is -2.79. The minimum Gasteiger partial charge on any atom is -0.331 e. The van der Waals surface area contributed by atoms with Crippen molar-refractivity contribution in [1.29, 1.82) is 0 Å². The van der Waals surface area contributed by atoms with E-state index in [-0.39, 0.29) is 16.5 Å². The van der Waals surface area contributed by atoms with Gasteiger partial charge in [-0.15, -0.1) is 10.2 Å². The van der Waals surface area contributed by atoms with Gasteiger partial charge in [-0.1, -0.05) is 0 Å². The molecule has 3 aromatic rings. The molecule has 8 nitrogen and oxygen atoms in total. The number of alkyl halides is 3. The number of fused-ring (bicyclic) bond motifs is 1. The van der Waals surface area contributed by atoms with Crippen LogP contribution in [0.3, 0.4) is 0 Å². The Bertz CT molecular complexity index is 1260. The molecule has 1 saturated heterocycles. The largest absolute Gasteiger partial charge is 0.422 e. The molecular weight excluding hydrogens is 435 g/mol. The minimum atomic E-state index is -4.71. The topological polar surface area (TPSA) is 93.8 Å². The Labute approximate surface area is 187 Å². The van der Waals surface area contributed by atoms with Gasteiger partial charge in [0.2, 0.25) is 0 Å². The van der Waals surface area contributed by atoms with Gasteiger partial charge in [0.05, 0.1) is 11.0 Å². The Morgan fingerprint density at radius 2 is 1.88 bits per heavy atom. The maximum Gasteiger partial charge on any atom is 0.422 e. The van der Waals surface area contributed by atoms with E-state index < -0.39 is 17.3 Å². The van der Waals surface area contributed by atoms with E-state index in [1.165, 1.54) is 6.92 Å². The van der Waals surface area contributed by atoms with Gasteiger partial charge in [-0.25, -0.2) is 0 Å². The molecule has 7 rings (SSSR count). The summed E-state index contributed by atoms with van der Waals surface area (Å²) < 4.78 is 39.6. The lowest BCUT2D eigenvalue weighted by molar-refractivity contribution is -0.182. The van der Waals surface area contributed by atoms with E-state index in [0.29, 0.717) is 17.6 Å². The number of piperazine rings is 1. The van der Waals surface area contributed by atoms with Gasteiger partial charge in [0.25, 0.3) is 5.56 Å². The highest BCUT2D eigenvalue weighted by Gasteiger charge is 2.72. The molecule has 3 aliphatic carbocycles. The van der Waals surface area contributed by atoms with Crippen molar-refractivity contribution in [3.05, 3.63) is 51.5 Å². The zero-order valence-corrected chi connectivity index (χ0v) is 18.2. The van der Waals surface area contributed by atoms with Gasteiger partial charge in [0, 0.05) is 49.9 Å². The molecule has 3 aromatic heterocycles. The van der Waals surface area contributed by atoms with Gasteiger partial charge < -0.3 is 9.97 Å². The summed E-state index contributed by atoms with van der Waals surface area (Å²) in [7, 11) is 0. The van der Waals surface area contributed by atoms with Crippen LogP contribution in [0, 0.1) is 6.92 Å². The van der Waals surface area contributed by atoms with Crippen LogP contribution in [0.1, 0.15) is 41.8 Å². The molecule has 0 radical (unpaired) electrons. The molecule has 0 spiro atoms. The third-order valence-electron chi connectivity index (χ3n) is 7.80. The zero-order valence-electron chi connectivity index (χ0n) is 18.2. The fourth-order valence-electron chi connectivity index (χ4n) is 6.23. The van der Waals surface area contributed by atoms with E-state index in [9.17, 15) is 18.0 Å². The van der Waals surface area contributed by atoms with Crippen molar-refractivity contribution >= 4 is 11.0 Å². The van der Waals surface area contributed by atoms with Crippen molar-refractivity contribution in [2.24, 2.45) is 0 Å². The Balaban J connectivity index is 1.11. The van der Waals surface area contributed by atoms with Gasteiger partial charge in [-0.3, -0.25) is 19.6 Å². The van der Waals surface area contributed by atoms with Crippen LogP contribution in [0.25, 0.3) is 11.0 Å². The highest BCUT2D eigenvalue weighted by molar-refractivity contribution is 5.79.